The van der Waals surface area contributed by atoms with Gasteiger partial charge in [0.1, 0.15) is 23.6 Å². The Hall–Kier alpha value is -3.48. The summed E-state index contributed by atoms with van der Waals surface area (Å²) < 4.78 is 22.9. The minimum Gasteiger partial charge on any atom is -0.489 e. The number of ether oxygens (including phenoxy) is 1. The fraction of sp³-hybridized carbons (Fsp3) is 0.304. The number of nitrogens with two attached hydrogens (primary N) is 1. The van der Waals surface area contributed by atoms with Crippen molar-refractivity contribution in [2.75, 3.05) is 0 Å². The number of H-pyrrole nitrogens is 1. The molecule has 0 saturated heterocycles. The van der Waals surface area contributed by atoms with Gasteiger partial charge in [0.05, 0.1) is 34.5 Å². The number of benzene rings is 1. The summed E-state index contributed by atoms with van der Waals surface area (Å²) in [5.41, 5.74) is 7.93. The molecule has 2 atom stereocenters. The smallest absolute Gasteiger partial charge is 0.272 e. The first-order chi connectivity index (χ1) is 15.9. The molecule has 0 bridgehead atoms. The van der Waals surface area contributed by atoms with Crippen LogP contribution < -0.4 is 11.3 Å². The third-order valence-electron chi connectivity index (χ3n) is 5.88. The molecule has 0 spiro atoms. The largest absolute Gasteiger partial charge is 0.489 e. The lowest BCUT2D eigenvalue weighted by Crippen LogP contribution is -2.25. The fourth-order valence-electron chi connectivity index (χ4n) is 4.08. The predicted octanol–water partition coefficient (Wildman–Crippen LogP) is 3.08. The van der Waals surface area contributed by atoms with Crippen molar-refractivity contribution < 1.29 is 9.13 Å². The van der Waals surface area contributed by atoms with Crippen molar-refractivity contribution in [1.29, 1.82) is 5.26 Å². The van der Waals surface area contributed by atoms with Crippen molar-refractivity contribution >= 4 is 27.9 Å². The molecule has 8 nitrogen and oxygen atoms in total. The van der Waals surface area contributed by atoms with E-state index in [1.54, 1.807) is 31.4 Å². The van der Waals surface area contributed by atoms with E-state index in [2.05, 4.69) is 21.4 Å². The van der Waals surface area contributed by atoms with E-state index in [0.29, 0.717) is 39.0 Å². The molecule has 2 unspecified atom stereocenters. The molecule has 168 valence electrons. The maximum atomic E-state index is 15.5. The number of nitrogens with zero attached hydrogens (tertiary/aromatic N) is 4. The van der Waals surface area contributed by atoms with Crippen LogP contribution >= 0.6 is 11.6 Å². The van der Waals surface area contributed by atoms with Gasteiger partial charge in [0, 0.05) is 30.1 Å². The topological polar surface area (TPSA) is 123 Å². The Labute approximate surface area is 193 Å². The van der Waals surface area contributed by atoms with Gasteiger partial charge in [0.15, 0.2) is 0 Å². The van der Waals surface area contributed by atoms with Crippen LogP contribution in [-0.2, 0) is 18.3 Å². The maximum absolute atomic E-state index is 15.5. The summed E-state index contributed by atoms with van der Waals surface area (Å²) in [6.45, 7) is 0.132. The summed E-state index contributed by atoms with van der Waals surface area (Å²) in [5, 5.41) is 20.8. The van der Waals surface area contributed by atoms with Crippen LogP contribution in [0.1, 0.15) is 24.2 Å². The second-order valence-corrected chi connectivity index (χ2v) is 8.59. The average Bonchev–Trinajstić information content (AvgIpc) is 3.55. The molecule has 5 rings (SSSR count). The molecule has 0 radical (unpaired) electrons. The molecule has 10 heteroatoms. The highest BCUT2D eigenvalue weighted by Crippen LogP contribution is 2.42. The number of nitriles is 1. The molecule has 33 heavy (non-hydrogen) atoms. The first kappa shape index (κ1) is 21.4. The van der Waals surface area contributed by atoms with Gasteiger partial charge in [0.2, 0.25) is 0 Å². The Balaban J connectivity index is 1.71. The van der Waals surface area contributed by atoms with Crippen LogP contribution in [0.2, 0.25) is 0 Å². The molecule has 2 aliphatic carbocycles. The normalized spacial score (nSPS) is 20.6. The van der Waals surface area contributed by atoms with Crippen molar-refractivity contribution in [3.8, 4) is 17.2 Å². The van der Waals surface area contributed by atoms with Crippen molar-refractivity contribution in [3.05, 3.63) is 63.5 Å². The van der Waals surface area contributed by atoms with Gasteiger partial charge < -0.3 is 10.5 Å². The van der Waals surface area contributed by atoms with Crippen molar-refractivity contribution in [2.24, 2.45) is 12.8 Å². The fourth-order valence-corrected chi connectivity index (χ4v) is 4.32. The average molecular weight is 467 g/mol. The molecule has 1 fully saturated rings. The molecular formula is C23H20ClFN6O2. The highest BCUT2D eigenvalue weighted by atomic mass is 35.5. The minimum atomic E-state index is -1.63. The quantitative estimate of drug-likeness (QED) is 0.557. The van der Waals surface area contributed by atoms with Crippen molar-refractivity contribution in [1.82, 2.24) is 20.0 Å². The monoisotopic (exact) mass is 466 g/mol. The van der Waals surface area contributed by atoms with Gasteiger partial charge in [-0.2, -0.15) is 15.5 Å². The Morgan fingerprint density at radius 3 is 2.88 bits per heavy atom. The van der Waals surface area contributed by atoms with E-state index >= 15 is 4.39 Å². The van der Waals surface area contributed by atoms with Gasteiger partial charge in [-0.15, -0.1) is 11.6 Å². The standard InChI is InChI=1S/C23H20ClFN6O2/c1-31-22(20-15(8-26)19(33-12-3-4-12)7-17(24)21(20)25)16(10-28-31)11-2-5-13-14(6-11)18(9-27)29-30-23(13)32/h2,5-7,10,12,17,21H,3-4,9,27H2,1H3,(H,30,32). The molecule has 0 amide bonds. The van der Waals surface area contributed by atoms with E-state index < -0.39 is 11.5 Å². The van der Waals surface area contributed by atoms with Crippen molar-refractivity contribution in [2.45, 2.75) is 37.0 Å². The SMILES string of the molecule is Cn1ncc(-c2ccc3c(=O)[nH]nc(CN)c3c2)c1C1=C(C#N)C(OC2CC2)=CC(Cl)C1F. The van der Waals surface area contributed by atoms with Gasteiger partial charge in [-0.1, -0.05) is 6.07 Å². The summed E-state index contributed by atoms with van der Waals surface area (Å²) >= 11 is 6.32. The molecular weight excluding hydrogens is 447 g/mol. The Morgan fingerprint density at radius 1 is 1.39 bits per heavy atom. The number of aromatic nitrogens is 4. The molecule has 2 heterocycles. The van der Waals surface area contributed by atoms with Gasteiger partial charge in [-0.05, 0) is 36.6 Å². The number of fused-ring (bicyclic) bond motifs is 1. The lowest BCUT2D eigenvalue weighted by molar-refractivity contribution is 0.202. The summed E-state index contributed by atoms with van der Waals surface area (Å²) in [7, 11) is 1.68. The lowest BCUT2D eigenvalue weighted by Gasteiger charge is -2.25. The highest BCUT2D eigenvalue weighted by molar-refractivity contribution is 6.23. The van der Waals surface area contributed by atoms with E-state index in [1.165, 1.54) is 10.8 Å². The van der Waals surface area contributed by atoms with Gasteiger partial charge in [0.25, 0.3) is 5.56 Å². The van der Waals surface area contributed by atoms with E-state index in [1.807, 2.05) is 0 Å². The summed E-state index contributed by atoms with van der Waals surface area (Å²) in [5.74, 6) is 0.302. The lowest BCUT2D eigenvalue weighted by atomic mass is 9.88. The summed E-state index contributed by atoms with van der Waals surface area (Å²) in [6.07, 6.45) is 3.23. The Morgan fingerprint density at radius 2 is 2.18 bits per heavy atom. The number of nitrogens with one attached hydrogen (secondary N) is 1. The molecule has 2 aromatic heterocycles. The van der Waals surface area contributed by atoms with Crippen LogP contribution in [0.4, 0.5) is 4.39 Å². The Bertz CT molecular complexity index is 1430. The molecule has 3 N–H and O–H groups in total. The molecule has 1 aromatic carbocycles. The number of hydrogen-bond donors (Lipinski definition) is 2. The first-order valence-electron chi connectivity index (χ1n) is 10.5. The molecule has 2 aliphatic rings. The zero-order chi connectivity index (χ0) is 23.3. The van der Waals surface area contributed by atoms with Crippen LogP contribution in [-0.4, -0.2) is 37.6 Å². The minimum absolute atomic E-state index is 0.0210. The van der Waals surface area contributed by atoms with Crippen molar-refractivity contribution in [3.63, 3.8) is 0 Å². The molecule has 3 aromatic rings. The number of allylic oxidation sites excluding steroid dienone is 3. The number of halogens is 2. The van der Waals surface area contributed by atoms with Crippen LogP contribution in [0.25, 0.3) is 27.5 Å². The van der Waals surface area contributed by atoms with E-state index in [-0.39, 0.29) is 29.4 Å². The zero-order valence-corrected chi connectivity index (χ0v) is 18.4. The van der Waals surface area contributed by atoms with Gasteiger partial charge in [-0.25, -0.2) is 9.49 Å². The molecule has 0 aliphatic heterocycles. The maximum Gasteiger partial charge on any atom is 0.272 e. The van der Waals surface area contributed by atoms with Crippen LogP contribution in [0.15, 0.2) is 46.6 Å². The number of alkyl halides is 2. The number of rotatable bonds is 5. The Kier molecular flexibility index (Phi) is 5.27. The summed E-state index contributed by atoms with van der Waals surface area (Å²) in [6, 6.07) is 7.30. The van der Waals surface area contributed by atoms with Crippen LogP contribution in [0, 0.1) is 11.3 Å². The summed E-state index contributed by atoms with van der Waals surface area (Å²) in [4.78, 5) is 12.2. The third-order valence-corrected chi connectivity index (χ3v) is 6.22. The van der Waals surface area contributed by atoms with Crippen LogP contribution in [0.5, 0.6) is 0 Å². The van der Waals surface area contributed by atoms with Gasteiger partial charge >= 0.3 is 0 Å². The first-order valence-corrected chi connectivity index (χ1v) is 10.9. The molecule has 1 saturated carbocycles. The second-order valence-electron chi connectivity index (χ2n) is 8.09. The second kappa shape index (κ2) is 8.14. The van der Waals surface area contributed by atoms with Gasteiger partial charge in [-0.3, -0.25) is 9.48 Å². The predicted molar refractivity (Wildman–Crippen MR) is 122 cm³/mol. The van der Waals surface area contributed by atoms with E-state index in [9.17, 15) is 10.1 Å². The van der Waals surface area contributed by atoms with Crippen LogP contribution in [0.3, 0.4) is 0 Å². The highest BCUT2D eigenvalue weighted by Gasteiger charge is 2.38. The third kappa shape index (κ3) is 3.61. The number of aryl methyl sites for hydroxylation is 1. The zero-order valence-electron chi connectivity index (χ0n) is 17.7. The van der Waals surface area contributed by atoms with E-state index in [0.717, 1.165) is 12.8 Å². The number of hydrogen-bond acceptors (Lipinski definition) is 6. The number of aromatic amines is 1. The van der Waals surface area contributed by atoms with E-state index in [4.69, 9.17) is 22.1 Å².